The molecule has 3 aromatic rings. The number of benzene rings is 2. The first-order valence-electron chi connectivity index (χ1n) is 9.64. The summed E-state index contributed by atoms with van der Waals surface area (Å²) < 4.78 is 49.5. The average Bonchev–Trinajstić information content (AvgIpc) is 3.20. The number of carbonyl (C=O) groups excluding carboxylic acids is 1. The van der Waals surface area contributed by atoms with Gasteiger partial charge in [-0.1, -0.05) is 18.2 Å². The van der Waals surface area contributed by atoms with Crippen molar-refractivity contribution in [2.45, 2.75) is 19.0 Å². The number of hydrogen-bond donors (Lipinski definition) is 2. The van der Waals surface area contributed by atoms with Gasteiger partial charge in [0.05, 0.1) is 19.3 Å². The number of hydrogen-bond acceptors (Lipinski definition) is 6. The van der Waals surface area contributed by atoms with E-state index < -0.39 is 17.6 Å². The third kappa shape index (κ3) is 6.21. The summed E-state index contributed by atoms with van der Waals surface area (Å²) in [7, 11) is 1.48. The molecule has 2 N–H and O–H groups in total. The average molecular weight is 466 g/mol. The molecule has 2 aromatic carbocycles. The predicted octanol–water partition coefficient (Wildman–Crippen LogP) is 4.77. The zero-order valence-corrected chi connectivity index (χ0v) is 17.9. The third-order valence-electron chi connectivity index (χ3n) is 4.39. The third-order valence-corrected chi connectivity index (χ3v) is 5.31. The van der Waals surface area contributed by atoms with Gasteiger partial charge in [0.25, 0.3) is 5.91 Å². The zero-order chi connectivity index (χ0) is 23.1. The standard InChI is InChI=1S/C22H21F3N2O4S/c1-30-18-7-6-15(12-19(18)31-9-3-8-28)20(29)27-21-26-13-17(32-21)11-14-4-2-5-16(10-14)22(23,24)25/h2,4-7,10,12-13,28H,3,8-9,11H2,1H3,(H,26,27,29). The van der Waals surface area contributed by atoms with Crippen LogP contribution < -0.4 is 14.8 Å². The SMILES string of the molecule is COc1ccc(C(=O)Nc2ncc(Cc3cccc(C(F)(F)F)c3)s2)cc1OCCCO. The van der Waals surface area contributed by atoms with Gasteiger partial charge in [-0.15, -0.1) is 11.3 Å². The molecule has 32 heavy (non-hydrogen) atoms. The van der Waals surface area contributed by atoms with E-state index in [1.807, 2.05) is 0 Å². The van der Waals surface area contributed by atoms with Crippen LogP contribution >= 0.6 is 11.3 Å². The smallest absolute Gasteiger partial charge is 0.416 e. The molecule has 1 heterocycles. The van der Waals surface area contributed by atoms with Crippen LogP contribution in [0.1, 0.15) is 32.8 Å². The fraction of sp³-hybridized carbons (Fsp3) is 0.273. The van der Waals surface area contributed by atoms with E-state index in [2.05, 4.69) is 10.3 Å². The molecule has 3 rings (SSSR count). The summed E-state index contributed by atoms with van der Waals surface area (Å²) in [5.41, 5.74) is 0.116. The first kappa shape index (κ1) is 23.6. The molecule has 0 aliphatic rings. The van der Waals surface area contributed by atoms with Crippen LogP contribution in [-0.2, 0) is 12.6 Å². The van der Waals surface area contributed by atoms with E-state index in [4.69, 9.17) is 14.6 Å². The number of aliphatic hydroxyl groups excluding tert-OH is 1. The van der Waals surface area contributed by atoms with Crippen LogP contribution in [0.4, 0.5) is 18.3 Å². The molecule has 0 unspecified atom stereocenters. The molecule has 1 amide bonds. The van der Waals surface area contributed by atoms with E-state index in [-0.39, 0.29) is 19.6 Å². The van der Waals surface area contributed by atoms with Gasteiger partial charge in [-0.3, -0.25) is 10.1 Å². The molecular weight excluding hydrogens is 445 g/mol. The molecule has 0 fully saturated rings. The van der Waals surface area contributed by atoms with E-state index in [9.17, 15) is 18.0 Å². The number of methoxy groups -OCH3 is 1. The molecule has 0 saturated carbocycles. The first-order valence-corrected chi connectivity index (χ1v) is 10.5. The van der Waals surface area contributed by atoms with Crippen LogP contribution in [0, 0.1) is 0 Å². The second-order valence-electron chi connectivity index (χ2n) is 6.75. The number of alkyl halides is 3. The van der Waals surface area contributed by atoms with Gasteiger partial charge in [-0.2, -0.15) is 13.2 Å². The quantitative estimate of drug-likeness (QED) is 0.444. The number of nitrogens with zero attached hydrogens (tertiary/aromatic N) is 1. The van der Waals surface area contributed by atoms with Gasteiger partial charge < -0.3 is 14.6 Å². The Balaban J connectivity index is 1.68. The Morgan fingerprint density at radius 1 is 1.19 bits per heavy atom. The largest absolute Gasteiger partial charge is 0.493 e. The van der Waals surface area contributed by atoms with Crippen LogP contribution in [0.5, 0.6) is 11.5 Å². The molecule has 0 saturated heterocycles. The van der Waals surface area contributed by atoms with Gasteiger partial charge in [0.1, 0.15) is 0 Å². The van der Waals surface area contributed by atoms with Crippen molar-refractivity contribution in [3.05, 3.63) is 70.2 Å². The van der Waals surface area contributed by atoms with Crippen LogP contribution in [0.2, 0.25) is 0 Å². The fourth-order valence-corrected chi connectivity index (χ4v) is 3.69. The molecule has 0 spiro atoms. The molecular formula is C22H21F3N2O4S. The summed E-state index contributed by atoms with van der Waals surface area (Å²) in [5.74, 6) is 0.412. The van der Waals surface area contributed by atoms with Crippen molar-refractivity contribution in [3.8, 4) is 11.5 Å². The van der Waals surface area contributed by atoms with E-state index in [1.54, 1.807) is 18.2 Å². The lowest BCUT2D eigenvalue weighted by molar-refractivity contribution is -0.137. The number of aliphatic hydroxyl groups is 1. The molecule has 0 radical (unpaired) electrons. The van der Waals surface area contributed by atoms with Crippen molar-refractivity contribution >= 4 is 22.4 Å². The molecule has 0 atom stereocenters. The van der Waals surface area contributed by atoms with Gasteiger partial charge in [-0.25, -0.2) is 4.98 Å². The van der Waals surface area contributed by atoms with Crippen molar-refractivity contribution in [1.29, 1.82) is 0 Å². The highest BCUT2D eigenvalue weighted by Gasteiger charge is 2.30. The summed E-state index contributed by atoms with van der Waals surface area (Å²) in [6, 6.07) is 9.82. The van der Waals surface area contributed by atoms with E-state index >= 15 is 0 Å². The summed E-state index contributed by atoms with van der Waals surface area (Å²) in [6.45, 7) is 0.249. The van der Waals surface area contributed by atoms with Crippen molar-refractivity contribution in [2.75, 3.05) is 25.6 Å². The Morgan fingerprint density at radius 3 is 2.72 bits per heavy atom. The maximum atomic E-state index is 12.9. The second-order valence-corrected chi connectivity index (χ2v) is 7.87. The van der Waals surface area contributed by atoms with E-state index in [0.717, 1.165) is 12.1 Å². The van der Waals surface area contributed by atoms with Crippen LogP contribution in [0.15, 0.2) is 48.7 Å². The fourth-order valence-electron chi connectivity index (χ4n) is 2.85. The topological polar surface area (TPSA) is 80.7 Å². The summed E-state index contributed by atoms with van der Waals surface area (Å²) in [4.78, 5) is 17.5. The number of carbonyl (C=O) groups is 1. The number of amides is 1. The lowest BCUT2D eigenvalue weighted by Gasteiger charge is -2.11. The van der Waals surface area contributed by atoms with Crippen molar-refractivity contribution < 1.29 is 32.5 Å². The molecule has 6 nitrogen and oxygen atoms in total. The molecule has 170 valence electrons. The van der Waals surface area contributed by atoms with Gasteiger partial charge in [-0.05, 0) is 29.8 Å². The molecule has 0 bridgehead atoms. The number of aromatic nitrogens is 1. The lowest BCUT2D eigenvalue weighted by atomic mass is 10.1. The summed E-state index contributed by atoms with van der Waals surface area (Å²) >= 11 is 1.18. The predicted molar refractivity (Wildman–Crippen MR) is 115 cm³/mol. The Hall–Kier alpha value is -3.11. The summed E-state index contributed by atoms with van der Waals surface area (Å²) in [5, 5.41) is 11.9. The van der Waals surface area contributed by atoms with E-state index in [0.29, 0.717) is 39.1 Å². The molecule has 10 heteroatoms. The number of thiazole rings is 1. The number of nitrogens with one attached hydrogen (secondary N) is 1. The van der Waals surface area contributed by atoms with Gasteiger partial charge in [0, 0.05) is 36.1 Å². The Kier molecular flexibility index (Phi) is 7.70. The lowest BCUT2D eigenvalue weighted by Crippen LogP contribution is -2.12. The van der Waals surface area contributed by atoms with Crippen LogP contribution in [-0.4, -0.2) is 36.3 Å². The Labute approximate surface area is 186 Å². The van der Waals surface area contributed by atoms with Gasteiger partial charge in [0.2, 0.25) is 0 Å². The first-order chi connectivity index (χ1) is 15.3. The summed E-state index contributed by atoms with van der Waals surface area (Å²) in [6.07, 6.45) is -2.17. The monoisotopic (exact) mass is 466 g/mol. The molecule has 0 aliphatic carbocycles. The zero-order valence-electron chi connectivity index (χ0n) is 17.1. The van der Waals surface area contributed by atoms with Gasteiger partial charge in [0.15, 0.2) is 16.6 Å². The van der Waals surface area contributed by atoms with Gasteiger partial charge >= 0.3 is 6.18 Å². The maximum absolute atomic E-state index is 12.9. The molecule has 1 aromatic heterocycles. The Bertz CT molecular complexity index is 1070. The highest BCUT2D eigenvalue weighted by Crippen LogP contribution is 2.31. The molecule has 0 aliphatic heterocycles. The van der Waals surface area contributed by atoms with Crippen LogP contribution in [0.25, 0.3) is 0 Å². The highest BCUT2D eigenvalue weighted by atomic mass is 32.1. The van der Waals surface area contributed by atoms with E-state index in [1.165, 1.54) is 36.8 Å². The van der Waals surface area contributed by atoms with Crippen molar-refractivity contribution in [3.63, 3.8) is 0 Å². The maximum Gasteiger partial charge on any atom is 0.416 e. The van der Waals surface area contributed by atoms with Crippen molar-refractivity contribution in [1.82, 2.24) is 4.98 Å². The van der Waals surface area contributed by atoms with Crippen molar-refractivity contribution in [2.24, 2.45) is 0 Å². The number of ether oxygens (including phenoxy) is 2. The number of halogens is 3. The minimum absolute atomic E-state index is 0.0185. The highest BCUT2D eigenvalue weighted by molar-refractivity contribution is 7.15. The number of rotatable bonds is 9. The minimum atomic E-state index is -4.40. The number of anilines is 1. The minimum Gasteiger partial charge on any atom is -0.493 e. The normalized spacial score (nSPS) is 11.3. The van der Waals surface area contributed by atoms with Crippen LogP contribution in [0.3, 0.4) is 0 Å². The second kappa shape index (κ2) is 10.5. The Morgan fingerprint density at radius 2 is 2.00 bits per heavy atom.